The van der Waals surface area contributed by atoms with Gasteiger partial charge in [0.1, 0.15) is 0 Å². The van der Waals surface area contributed by atoms with Crippen molar-refractivity contribution < 1.29 is 23.7 Å². The number of hydrogen-bond donors (Lipinski definition) is 6. The first kappa shape index (κ1) is 44.1. The lowest BCUT2D eigenvalue weighted by molar-refractivity contribution is 0.0684. The lowest BCUT2D eigenvalue weighted by atomic mass is 10.3. The summed E-state index contributed by atoms with van der Waals surface area (Å²) in [4.78, 5) is 61.8. The number of carboxylic acids is 1. The minimum atomic E-state index is -1.67. The molecule has 0 saturated heterocycles. The predicted octanol–water partition coefficient (Wildman–Crippen LogP) is 9.04. The Labute approximate surface area is 349 Å². The number of aromatic nitrogens is 8. The Morgan fingerprint density at radius 3 is 1.46 bits per heavy atom. The van der Waals surface area contributed by atoms with Crippen LogP contribution in [0.15, 0.2) is 97.1 Å². The number of carbonyl (C=O) groups excluding carboxylic acids is 2. The average Bonchev–Trinajstić information content (AvgIpc) is 3.92. The van der Waals surface area contributed by atoms with Crippen molar-refractivity contribution in [1.29, 1.82) is 0 Å². The van der Waals surface area contributed by atoms with Crippen molar-refractivity contribution in [1.82, 2.24) is 39.9 Å². The zero-order chi connectivity index (χ0) is 41.6. The molecule has 57 heavy (non-hydrogen) atoms. The highest BCUT2D eigenvalue weighted by atomic mass is 36.0. The van der Waals surface area contributed by atoms with Crippen LogP contribution in [-0.4, -0.2) is 66.3 Å². The molecule has 15 nitrogen and oxygen atoms in total. The van der Waals surface area contributed by atoms with Gasteiger partial charge in [0.15, 0.2) is 22.0 Å². The molecule has 21 heteroatoms. The molecule has 294 valence electrons. The molecule has 0 bridgehead atoms. The van der Waals surface area contributed by atoms with Crippen LogP contribution in [0.25, 0.3) is 33.1 Å². The molecule has 0 atom stereocenters. The summed E-state index contributed by atoms with van der Waals surface area (Å²) in [6.07, 6.45) is 0. The van der Waals surface area contributed by atoms with E-state index in [0.717, 1.165) is 39.0 Å². The zero-order valence-electron chi connectivity index (χ0n) is 29.4. The number of aryl methyl sites for hydroxylation is 2. The SMILES string of the molecule is Cc1ccc(N)c(Cl)n1.Cc1ccc(NC(=O)c2nc3ccccc3[nH]2)c(Cl)n1.O=C(Cl)c1nc2ccccc2[nH]1.O=C(O)c1nc2ccccc2[nH]1.O=S(Cl)Cl. The van der Waals surface area contributed by atoms with Gasteiger partial charge in [0.2, 0.25) is 15.1 Å². The van der Waals surface area contributed by atoms with Gasteiger partial charge in [-0.15, -0.1) is 0 Å². The predicted molar refractivity (Wildman–Crippen MR) is 226 cm³/mol. The van der Waals surface area contributed by atoms with Crippen molar-refractivity contribution in [3.05, 3.63) is 136 Å². The fraction of sp³-hybridized carbons (Fsp3) is 0.0556. The van der Waals surface area contributed by atoms with Crippen LogP contribution in [0.1, 0.15) is 43.2 Å². The molecule has 0 spiro atoms. The summed E-state index contributed by atoms with van der Waals surface area (Å²) >= 11 is 16.8. The molecule has 7 N–H and O–H groups in total. The van der Waals surface area contributed by atoms with Crippen LogP contribution in [0, 0.1) is 13.8 Å². The van der Waals surface area contributed by atoms with E-state index in [1.165, 1.54) is 0 Å². The highest BCUT2D eigenvalue weighted by molar-refractivity contribution is 8.26. The van der Waals surface area contributed by atoms with Crippen molar-refractivity contribution in [3.8, 4) is 0 Å². The van der Waals surface area contributed by atoms with Gasteiger partial charge in [-0.25, -0.2) is 33.9 Å². The minimum Gasteiger partial charge on any atom is -0.475 e. The summed E-state index contributed by atoms with van der Waals surface area (Å²) in [7, 11) is 7.36. The number of carbonyl (C=O) groups is 3. The van der Waals surface area contributed by atoms with Crippen LogP contribution in [0.4, 0.5) is 11.4 Å². The molecule has 0 fully saturated rings. The van der Waals surface area contributed by atoms with Crippen LogP contribution in [0.2, 0.25) is 10.3 Å². The van der Waals surface area contributed by atoms with Crippen molar-refractivity contribution >= 4 is 127 Å². The molecule has 8 rings (SSSR count). The summed E-state index contributed by atoms with van der Waals surface area (Å²) in [5.74, 6) is -0.975. The molecular formula is C36H29Cl5N10O5S. The monoisotopic (exact) mass is 888 g/mol. The Morgan fingerprint density at radius 2 is 1.04 bits per heavy atom. The van der Waals surface area contributed by atoms with E-state index in [9.17, 15) is 14.4 Å². The molecule has 0 radical (unpaired) electrons. The highest BCUT2D eigenvalue weighted by Gasteiger charge is 2.14. The van der Waals surface area contributed by atoms with E-state index < -0.39 is 20.4 Å². The Bertz CT molecular complexity index is 2500. The summed E-state index contributed by atoms with van der Waals surface area (Å²) in [5.41, 5.74) is 12.6. The molecule has 5 aromatic heterocycles. The number of aromatic carboxylic acids is 1. The number of carboxylic acid groups (broad SMARTS) is 1. The van der Waals surface area contributed by atoms with E-state index in [-0.39, 0.29) is 28.5 Å². The fourth-order valence-corrected chi connectivity index (χ4v) is 5.03. The molecule has 0 aliphatic rings. The molecular weight excluding hydrogens is 862 g/mol. The lowest BCUT2D eigenvalue weighted by Gasteiger charge is -2.05. The highest BCUT2D eigenvalue weighted by Crippen LogP contribution is 2.20. The molecule has 0 aliphatic carbocycles. The largest absolute Gasteiger partial charge is 0.475 e. The van der Waals surface area contributed by atoms with Gasteiger partial charge >= 0.3 is 5.97 Å². The van der Waals surface area contributed by atoms with Crippen LogP contribution >= 0.6 is 56.2 Å². The van der Waals surface area contributed by atoms with Gasteiger partial charge in [0, 0.05) is 32.8 Å². The van der Waals surface area contributed by atoms with Crippen molar-refractivity contribution in [3.63, 3.8) is 0 Å². The average molecular weight is 891 g/mol. The van der Waals surface area contributed by atoms with Gasteiger partial charge in [-0.2, -0.15) is 0 Å². The quantitative estimate of drug-likeness (QED) is 0.0720. The topological polar surface area (TPSA) is 238 Å². The van der Waals surface area contributed by atoms with Gasteiger partial charge in [0.25, 0.3) is 11.1 Å². The molecule has 5 heterocycles. The standard InChI is InChI=1S/C14H11ClN4O.C8H5ClN2O.C8H6N2O2.C6H7ClN2.Cl2OS/c1-8-6-7-11(12(15)16-8)19-14(20)13-17-9-4-2-3-5-10(9)18-13;9-7(12)8-10-5-3-1-2-4-6(5)11-8;11-8(12)7-9-5-3-1-2-4-6(5)10-7;1-4-2-3-5(8)6(7)9-4;1-4(2)3/h2-7H,1H3,(H,17,18)(H,19,20);1-4H,(H,10,11);1-4H,(H,9,10)(H,11,12);2-3H,8H2,1H3;. The number of anilines is 2. The van der Waals surface area contributed by atoms with Gasteiger partial charge in [0.05, 0.1) is 44.5 Å². The maximum atomic E-state index is 12.1. The van der Waals surface area contributed by atoms with Crippen LogP contribution in [0.5, 0.6) is 0 Å². The number of nitrogen functional groups attached to an aromatic ring is 1. The zero-order valence-corrected chi connectivity index (χ0v) is 34.0. The number of para-hydroxylation sites is 6. The number of halogens is 5. The molecule has 0 unspecified atom stereocenters. The van der Waals surface area contributed by atoms with Crippen LogP contribution < -0.4 is 11.1 Å². The Hall–Kier alpha value is -5.62. The Kier molecular flexibility index (Phi) is 16.3. The van der Waals surface area contributed by atoms with E-state index >= 15 is 0 Å². The Balaban J connectivity index is 0.000000170. The smallest absolute Gasteiger partial charge is 0.371 e. The summed E-state index contributed by atoms with van der Waals surface area (Å²) in [5, 5.41) is 11.4. The van der Waals surface area contributed by atoms with Gasteiger partial charge < -0.3 is 31.1 Å². The van der Waals surface area contributed by atoms with Crippen LogP contribution in [-0.2, 0) is 9.23 Å². The van der Waals surface area contributed by atoms with Crippen molar-refractivity contribution in [2.24, 2.45) is 0 Å². The number of benzene rings is 3. The molecule has 1 amide bonds. The number of pyridine rings is 2. The second-order valence-electron chi connectivity index (χ2n) is 11.1. The number of imidazole rings is 3. The summed E-state index contributed by atoms with van der Waals surface area (Å²) in [6, 6.07) is 29.1. The minimum absolute atomic E-state index is 0.0174. The maximum absolute atomic E-state index is 12.1. The van der Waals surface area contributed by atoms with Gasteiger partial charge in [-0.05, 0) is 86.1 Å². The number of fused-ring (bicyclic) bond motifs is 3. The first-order valence-electron chi connectivity index (χ1n) is 16.0. The van der Waals surface area contributed by atoms with E-state index in [2.05, 4.69) is 66.6 Å². The third-order valence-electron chi connectivity index (χ3n) is 7.02. The third-order valence-corrected chi connectivity index (χ3v) is 7.79. The van der Waals surface area contributed by atoms with E-state index in [1.54, 1.807) is 30.3 Å². The number of nitrogens with zero attached hydrogens (tertiary/aromatic N) is 5. The Morgan fingerprint density at radius 1 is 0.632 bits per heavy atom. The number of H-pyrrole nitrogens is 3. The number of amides is 1. The first-order chi connectivity index (χ1) is 27.1. The van der Waals surface area contributed by atoms with E-state index in [0.29, 0.717) is 22.0 Å². The second kappa shape index (κ2) is 21.1. The second-order valence-corrected chi connectivity index (χ2v) is 14.7. The third kappa shape index (κ3) is 13.5. The van der Waals surface area contributed by atoms with Gasteiger partial charge in [-0.1, -0.05) is 59.6 Å². The molecule has 3 aromatic carbocycles. The number of nitrogens with one attached hydrogen (secondary N) is 4. The summed E-state index contributed by atoms with van der Waals surface area (Å²) in [6.45, 7) is 3.70. The maximum Gasteiger partial charge on any atom is 0.371 e. The van der Waals surface area contributed by atoms with Crippen molar-refractivity contribution in [2.45, 2.75) is 13.8 Å². The number of aromatic amines is 3. The molecule has 0 saturated carbocycles. The fourth-order valence-electron chi connectivity index (χ4n) is 4.50. The normalized spacial score (nSPS) is 10.2. The first-order valence-corrected chi connectivity index (χ1v) is 19.9. The lowest BCUT2D eigenvalue weighted by Crippen LogP contribution is -2.14. The molecule has 0 aliphatic heterocycles. The number of nitrogens with two attached hydrogens (primary N) is 1. The molecule has 8 aromatic rings. The summed E-state index contributed by atoms with van der Waals surface area (Å²) < 4.78 is 9.09. The number of hydrogen-bond acceptors (Lipinski definition) is 10. The van der Waals surface area contributed by atoms with Crippen LogP contribution in [0.3, 0.4) is 0 Å². The van der Waals surface area contributed by atoms with Gasteiger partial charge in [-0.3, -0.25) is 9.59 Å². The van der Waals surface area contributed by atoms with Crippen molar-refractivity contribution in [2.75, 3.05) is 11.1 Å². The van der Waals surface area contributed by atoms with E-state index in [4.69, 9.17) is 49.9 Å². The number of rotatable bonds is 4. The van der Waals surface area contributed by atoms with E-state index in [1.807, 2.05) is 80.6 Å².